The zero-order valence-electron chi connectivity index (χ0n) is 24.2. The molecule has 1 fully saturated rings. The summed E-state index contributed by atoms with van der Waals surface area (Å²) < 4.78 is 12.6. The van der Waals surface area contributed by atoms with Gasteiger partial charge in [-0.3, -0.25) is 9.59 Å². The lowest BCUT2D eigenvalue weighted by molar-refractivity contribution is -0.115. The summed E-state index contributed by atoms with van der Waals surface area (Å²) in [5.74, 6) is 0.545. The van der Waals surface area contributed by atoms with E-state index in [4.69, 9.17) is 9.47 Å². The summed E-state index contributed by atoms with van der Waals surface area (Å²) in [6.45, 7) is 4.11. The number of hydrogen-bond donors (Lipinski definition) is 2. The number of methoxy groups -OCH3 is 1. The first-order chi connectivity index (χ1) is 20.4. The number of nitrogens with zero attached hydrogens (tertiary/aromatic N) is 3. The second-order valence-electron chi connectivity index (χ2n) is 10.5. The summed E-state index contributed by atoms with van der Waals surface area (Å²) in [5, 5.41) is 15.6. The van der Waals surface area contributed by atoms with Crippen molar-refractivity contribution < 1.29 is 23.9 Å². The number of anilines is 1. The van der Waals surface area contributed by atoms with Crippen molar-refractivity contribution in [3.05, 3.63) is 51.7 Å². The second kappa shape index (κ2) is 13.7. The molecule has 0 spiro atoms. The van der Waals surface area contributed by atoms with Crippen LogP contribution in [-0.2, 0) is 28.9 Å². The lowest BCUT2D eigenvalue weighted by Gasteiger charge is -2.26. The third kappa shape index (κ3) is 6.64. The Balaban J connectivity index is 1.30. The SMILES string of the molecule is CCOC(=O)c1c(NC(=O)C(C)Sc2nnc(CNC(=O)c3ccc(OC)cc3)n2C2CCCCC2)sc2c1CCC2. The number of nitrogens with one attached hydrogen (secondary N) is 2. The Bertz CT molecular complexity index is 1430. The maximum Gasteiger partial charge on any atom is 0.341 e. The molecule has 0 radical (unpaired) electrons. The summed E-state index contributed by atoms with van der Waals surface area (Å²) in [6, 6.07) is 7.14. The zero-order chi connectivity index (χ0) is 29.6. The molecule has 1 aromatic carbocycles. The minimum absolute atomic E-state index is 0.204. The first-order valence-electron chi connectivity index (χ1n) is 14.5. The Kier molecular flexibility index (Phi) is 9.84. The molecule has 1 atom stereocenters. The third-order valence-corrected chi connectivity index (χ3v) is 9.99. The summed E-state index contributed by atoms with van der Waals surface area (Å²) in [4.78, 5) is 40.1. The summed E-state index contributed by atoms with van der Waals surface area (Å²) in [7, 11) is 1.59. The number of ether oxygens (including phenoxy) is 2. The Labute approximate surface area is 254 Å². The number of benzene rings is 1. The van der Waals surface area contributed by atoms with Gasteiger partial charge in [-0.05, 0) is 75.8 Å². The fourth-order valence-corrected chi connectivity index (χ4v) is 7.77. The van der Waals surface area contributed by atoms with Gasteiger partial charge in [0.15, 0.2) is 11.0 Å². The van der Waals surface area contributed by atoms with Crippen LogP contribution in [0.3, 0.4) is 0 Å². The van der Waals surface area contributed by atoms with Crippen LogP contribution in [0.5, 0.6) is 5.75 Å². The number of aromatic nitrogens is 3. The minimum atomic E-state index is -0.495. The number of fused-ring (bicyclic) bond motifs is 1. The summed E-state index contributed by atoms with van der Waals surface area (Å²) in [5.41, 5.74) is 2.04. The Morgan fingerprint density at radius 2 is 1.86 bits per heavy atom. The van der Waals surface area contributed by atoms with Crippen LogP contribution >= 0.6 is 23.1 Å². The van der Waals surface area contributed by atoms with Gasteiger partial charge in [0.05, 0.1) is 31.1 Å². The highest BCUT2D eigenvalue weighted by molar-refractivity contribution is 8.00. The van der Waals surface area contributed by atoms with Crippen molar-refractivity contribution in [3.8, 4) is 5.75 Å². The first-order valence-corrected chi connectivity index (χ1v) is 16.2. The molecule has 1 unspecified atom stereocenters. The molecular formula is C30H37N5O5S2. The molecule has 5 rings (SSSR count). The second-order valence-corrected chi connectivity index (χ2v) is 12.9. The summed E-state index contributed by atoms with van der Waals surface area (Å²) in [6.07, 6.45) is 8.15. The molecule has 0 aliphatic heterocycles. The average molecular weight is 612 g/mol. The molecular weight excluding hydrogens is 574 g/mol. The molecule has 2 aromatic heterocycles. The van der Waals surface area contributed by atoms with E-state index >= 15 is 0 Å². The average Bonchev–Trinajstić information content (AvgIpc) is 3.71. The van der Waals surface area contributed by atoms with Gasteiger partial charge in [0.25, 0.3) is 5.91 Å². The van der Waals surface area contributed by atoms with Gasteiger partial charge in [-0.1, -0.05) is 31.0 Å². The number of rotatable bonds is 11. The molecule has 12 heteroatoms. The van der Waals surface area contributed by atoms with Crippen molar-refractivity contribution in [2.45, 2.75) is 88.2 Å². The van der Waals surface area contributed by atoms with E-state index in [0.29, 0.717) is 32.9 Å². The zero-order valence-corrected chi connectivity index (χ0v) is 25.9. The third-order valence-electron chi connectivity index (χ3n) is 7.72. The van der Waals surface area contributed by atoms with Crippen LogP contribution in [0.2, 0.25) is 0 Å². The topological polar surface area (TPSA) is 124 Å². The molecule has 2 heterocycles. The van der Waals surface area contributed by atoms with Crippen LogP contribution in [0.4, 0.5) is 5.00 Å². The minimum Gasteiger partial charge on any atom is -0.497 e. The molecule has 2 aliphatic rings. The standard InChI is InChI=1S/C30H37N5O5S2/c1-4-40-29(38)25-22-11-8-12-23(22)42-28(25)32-26(36)18(2)41-30-34-33-24(35(30)20-9-6-5-7-10-20)17-31-27(37)19-13-15-21(39-3)16-14-19/h13-16,18,20H,4-12,17H2,1-3H3,(H,31,37)(H,32,36). The van der Waals surface area contributed by atoms with Gasteiger partial charge in [-0.25, -0.2) is 4.79 Å². The number of hydrogen-bond acceptors (Lipinski definition) is 9. The van der Waals surface area contributed by atoms with Crippen LogP contribution in [0, 0.1) is 0 Å². The molecule has 42 heavy (non-hydrogen) atoms. The number of thioether (sulfide) groups is 1. The monoisotopic (exact) mass is 611 g/mol. The van der Waals surface area contributed by atoms with E-state index in [1.165, 1.54) is 29.5 Å². The van der Waals surface area contributed by atoms with Gasteiger partial charge in [0.1, 0.15) is 10.8 Å². The van der Waals surface area contributed by atoms with Gasteiger partial charge in [-0.2, -0.15) is 0 Å². The molecule has 10 nitrogen and oxygen atoms in total. The van der Waals surface area contributed by atoms with Gasteiger partial charge >= 0.3 is 5.97 Å². The van der Waals surface area contributed by atoms with Crippen molar-refractivity contribution in [2.24, 2.45) is 0 Å². The molecule has 3 aromatic rings. The van der Waals surface area contributed by atoms with Crippen molar-refractivity contribution >= 4 is 45.9 Å². The molecule has 2 N–H and O–H groups in total. The quantitative estimate of drug-likeness (QED) is 0.213. The number of aryl methyl sites for hydroxylation is 1. The lowest BCUT2D eigenvalue weighted by atomic mass is 9.95. The molecule has 2 aliphatic carbocycles. The lowest BCUT2D eigenvalue weighted by Crippen LogP contribution is -2.27. The summed E-state index contributed by atoms with van der Waals surface area (Å²) >= 11 is 2.81. The van der Waals surface area contributed by atoms with Crippen LogP contribution in [0.1, 0.15) is 95.4 Å². The smallest absolute Gasteiger partial charge is 0.341 e. The van der Waals surface area contributed by atoms with E-state index in [1.54, 1.807) is 38.3 Å². The van der Waals surface area contributed by atoms with Crippen molar-refractivity contribution in [1.29, 1.82) is 0 Å². The number of thiophene rings is 1. The predicted molar refractivity (Wildman–Crippen MR) is 163 cm³/mol. The molecule has 2 amide bonds. The Morgan fingerprint density at radius 1 is 1.10 bits per heavy atom. The molecule has 224 valence electrons. The van der Waals surface area contributed by atoms with Crippen LogP contribution in [0.15, 0.2) is 29.4 Å². The van der Waals surface area contributed by atoms with E-state index < -0.39 is 5.25 Å². The number of amides is 2. The van der Waals surface area contributed by atoms with Gasteiger partial charge in [0.2, 0.25) is 5.91 Å². The van der Waals surface area contributed by atoms with E-state index in [2.05, 4.69) is 25.4 Å². The van der Waals surface area contributed by atoms with Crippen molar-refractivity contribution in [2.75, 3.05) is 19.0 Å². The van der Waals surface area contributed by atoms with Crippen molar-refractivity contribution in [1.82, 2.24) is 20.1 Å². The Morgan fingerprint density at radius 3 is 2.57 bits per heavy atom. The van der Waals surface area contributed by atoms with Gasteiger partial charge < -0.3 is 24.7 Å². The highest BCUT2D eigenvalue weighted by atomic mass is 32.2. The first kappa shape index (κ1) is 30.1. The predicted octanol–water partition coefficient (Wildman–Crippen LogP) is 5.57. The van der Waals surface area contributed by atoms with E-state index in [9.17, 15) is 14.4 Å². The number of esters is 1. The Hall–Kier alpha value is -3.38. The maximum atomic E-state index is 13.4. The fourth-order valence-electron chi connectivity index (χ4n) is 5.55. The van der Waals surface area contributed by atoms with E-state index in [0.717, 1.165) is 55.4 Å². The van der Waals surface area contributed by atoms with Gasteiger partial charge in [-0.15, -0.1) is 21.5 Å². The number of carbonyl (C=O) groups excluding carboxylic acids is 3. The van der Waals surface area contributed by atoms with E-state index in [-0.39, 0.29) is 37.0 Å². The highest BCUT2D eigenvalue weighted by Crippen LogP contribution is 2.40. The van der Waals surface area contributed by atoms with Crippen LogP contribution in [-0.4, -0.2) is 51.5 Å². The number of carbonyl (C=O) groups is 3. The fraction of sp³-hybridized carbons (Fsp3) is 0.500. The van der Waals surface area contributed by atoms with Crippen LogP contribution < -0.4 is 15.4 Å². The molecule has 0 saturated heterocycles. The highest BCUT2D eigenvalue weighted by Gasteiger charge is 2.30. The molecule has 1 saturated carbocycles. The normalized spacial score (nSPS) is 15.6. The van der Waals surface area contributed by atoms with Crippen LogP contribution in [0.25, 0.3) is 0 Å². The largest absolute Gasteiger partial charge is 0.497 e. The van der Waals surface area contributed by atoms with Crippen molar-refractivity contribution in [3.63, 3.8) is 0 Å². The molecule has 0 bridgehead atoms. The van der Waals surface area contributed by atoms with E-state index in [1.807, 2.05) is 6.92 Å². The van der Waals surface area contributed by atoms with Gasteiger partial charge in [0, 0.05) is 16.5 Å². The maximum absolute atomic E-state index is 13.4.